The average Bonchev–Trinajstić information content (AvgIpc) is 2.94. The summed E-state index contributed by atoms with van der Waals surface area (Å²) in [5.41, 5.74) is 1.24. The van der Waals surface area contributed by atoms with Crippen molar-refractivity contribution in [2.45, 2.75) is 18.2 Å². The van der Waals surface area contributed by atoms with Crippen molar-refractivity contribution in [3.05, 3.63) is 29.5 Å². The van der Waals surface area contributed by atoms with Gasteiger partial charge in [-0.05, 0) is 35.0 Å². The Labute approximate surface area is 123 Å². The number of anilines is 1. The van der Waals surface area contributed by atoms with E-state index in [0.717, 1.165) is 0 Å². The van der Waals surface area contributed by atoms with Gasteiger partial charge < -0.3 is 5.32 Å². The molecule has 0 saturated carbocycles. The summed E-state index contributed by atoms with van der Waals surface area (Å²) in [6.45, 7) is 1.91. The second-order valence-electron chi connectivity index (χ2n) is 3.78. The van der Waals surface area contributed by atoms with Gasteiger partial charge in [0.2, 0.25) is 5.91 Å². The van der Waals surface area contributed by atoms with E-state index in [4.69, 9.17) is 11.6 Å². The van der Waals surface area contributed by atoms with E-state index < -0.39 is 0 Å². The second kappa shape index (κ2) is 6.12. The number of hydrogen-bond donors (Lipinski definition) is 1. The summed E-state index contributed by atoms with van der Waals surface area (Å²) in [5, 5.41) is 14.1. The number of alkyl halides is 1. The quantitative estimate of drug-likeness (QED) is 0.865. The number of aromatic nitrogens is 4. The molecule has 1 aromatic heterocycles. The lowest BCUT2D eigenvalue weighted by Crippen LogP contribution is -2.22. The molecule has 0 aliphatic heterocycles. The smallest absolute Gasteiger partial charge is 0.238 e. The van der Waals surface area contributed by atoms with Crippen molar-refractivity contribution in [1.82, 2.24) is 20.2 Å². The molecule has 8 heteroatoms. The molecule has 0 saturated heterocycles. The molecule has 0 bridgehead atoms. The van der Waals surface area contributed by atoms with Crippen molar-refractivity contribution in [3.63, 3.8) is 0 Å². The fraction of sp³-hybridized carbons (Fsp3) is 0.273. The van der Waals surface area contributed by atoms with E-state index in [9.17, 15) is 4.79 Å². The maximum Gasteiger partial charge on any atom is 0.238 e. The van der Waals surface area contributed by atoms with Crippen LogP contribution in [0, 0.1) is 0 Å². The summed E-state index contributed by atoms with van der Waals surface area (Å²) in [7, 11) is 0. The number of halogens is 2. The lowest BCUT2D eigenvalue weighted by Gasteiger charge is -2.11. The van der Waals surface area contributed by atoms with E-state index in [0.29, 0.717) is 22.8 Å². The molecular weight excluding hydrogens is 334 g/mol. The van der Waals surface area contributed by atoms with Gasteiger partial charge in [0.15, 0.2) is 0 Å². The third kappa shape index (κ3) is 3.30. The molecule has 1 heterocycles. The number of nitrogens with zero attached hydrogens (tertiary/aromatic N) is 4. The van der Waals surface area contributed by atoms with E-state index in [1.165, 1.54) is 11.0 Å². The van der Waals surface area contributed by atoms with Gasteiger partial charge in [0, 0.05) is 0 Å². The second-order valence-corrected chi connectivity index (χ2v) is 5.30. The van der Waals surface area contributed by atoms with Gasteiger partial charge in [-0.1, -0.05) is 34.5 Å². The van der Waals surface area contributed by atoms with Crippen LogP contribution in [-0.4, -0.2) is 30.9 Å². The zero-order chi connectivity index (χ0) is 13.8. The van der Waals surface area contributed by atoms with Crippen LogP contribution in [0.2, 0.25) is 5.02 Å². The SMILES string of the molecule is CCC(Br)C(=O)Nc1cc(-n2cnnn2)ccc1Cl. The molecule has 0 spiro atoms. The average molecular weight is 345 g/mol. The summed E-state index contributed by atoms with van der Waals surface area (Å²) in [5.74, 6) is -0.140. The van der Waals surface area contributed by atoms with Crippen molar-refractivity contribution >= 4 is 39.1 Å². The van der Waals surface area contributed by atoms with E-state index in [2.05, 4.69) is 36.8 Å². The minimum Gasteiger partial charge on any atom is -0.324 e. The van der Waals surface area contributed by atoms with Gasteiger partial charge in [0.1, 0.15) is 6.33 Å². The van der Waals surface area contributed by atoms with Gasteiger partial charge in [-0.2, -0.15) is 0 Å². The van der Waals surface area contributed by atoms with Crippen LogP contribution < -0.4 is 5.32 Å². The predicted octanol–water partition coefficient (Wildman–Crippen LogP) is 2.43. The molecule has 0 fully saturated rings. The fourth-order valence-electron chi connectivity index (χ4n) is 1.43. The Hall–Kier alpha value is -1.47. The molecule has 1 atom stereocenters. The third-order valence-corrected chi connectivity index (χ3v) is 3.86. The maximum atomic E-state index is 11.8. The van der Waals surface area contributed by atoms with Gasteiger partial charge in [-0.15, -0.1) is 5.10 Å². The molecule has 2 aromatic rings. The summed E-state index contributed by atoms with van der Waals surface area (Å²) in [6.07, 6.45) is 2.16. The minimum atomic E-state index is -0.250. The lowest BCUT2D eigenvalue weighted by atomic mass is 10.2. The third-order valence-electron chi connectivity index (χ3n) is 2.46. The van der Waals surface area contributed by atoms with E-state index in [1.807, 2.05) is 6.92 Å². The lowest BCUT2D eigenvalue weighted by molar-refractivity contribution is -0.115. The first-order valence-electron chi connectivity index (χ1n) is 5.59. The molecular formula is C11H11BrClN5O. The van der Waals surface area contributed by atoms with Gasteiger partial charge in [0.25, 0.3) is 0 Å². The summed E-state index contributed by atoms with van der Waals surface area (Å²) in [6, 6.07) is 5.16. The van der Waals surface area contributed by atoms with E-state index in [1.54, 1.807) is 18.2 Å². The number of tetrazole rings is 1. The Balaban J connectivity index is 2.25. The van der Waals surface area contributed by atoms with Crippen LogP contribution in [0.25, 0.3) is 5.69 Å². The minimum absolute atomic E-state index is 0.140. The number of benzene rings is 1. The molecule has 0 aliphatic carbocycles. The van der Waals surface area contributed by atoms with Gasteiger partial charge >= 0.3 is 0 Å². The zero-order valence-electron chi connectivity index (χ0n) is 10.0. The first-order valence-corrected chi connectivity index (χ1v) is 6.89. The van der Waals surface area contributed by atoms with Crippen molar-refractivity contribution in [2.75, 3.05) is 5.32 Å². The first kappa shape index (κ1) is 14.0. The van der Waals surface area contributed by atoms with E-state index >= 15 is 0 Å². The Morgan fingerprint density at radius 2 is 2.37 bits per heavy atom. The fourth-order valence-corrected chi connectivity index (χ4v) is 1.71. The first-order chi connectivity index (χ1) is 9.11. The van der Waals surface area contributed by atoms with Crippen molar-refractivity contribution < 1.29 is 4.79 Å². The number of carbonyl (C=O) groups is 1. The van der Waals surface area contributed by atoms with E-state index in [-0.39, 0.29) is 10.7 Å². The van der Waals surface area contributed by atoms with Crippen molar-refractivity contribution in [2.24, 2.45) is 0 Å². The van der Waals surface area contributed by atoms with Crippen LogP contribution in [0.15, 0.2) is 24.5 Å². The van der Waals surface area contributed by atoms with Crippen LogP contribution in [-0.2, 0) is 4.79 Å². The topological polar surface area (TPSA) is 72.7 Å². The van der Waals surface area contributed by atoms with Gasteiger partial charge in [0.05, 0.1) is 21.2 Å². The van der Waals surface area contributed by atoms with Crippen LogP contribution in [0.5, 0.6) is 0 Å². The zero-order valence-corrected chi connectivity index (χ0v) is 12.4. The molecule has 0 radical (unpaired) electrons. The van der Waals surface area contributed by atoms with Crippen LogP contribution in [0.4, 0.5) is 5.69 Å². The molecule has 100 valence electrons. The normalized spacial score (nSPS) is 12.2. The number of hydrogen-bond acceptors (Lipinski definition) is 4. The largest absolute Gasteiger partial charge is 0.324 e. The number of nitrogens with one attached hydrogen (secondary N) is 1. The van der Waals surface area contributed by atoms with Gasteiger partial charge in [-0.3, -0.25) is 4.79 Å². The molecule has 1 N–H and O–H groups in total. The molecule has 1 unspecified atom stereocenters. The Morgan fingerprint density at radius 1 is 1.58 bits per heavy atom. The molecule has 19 heavy (non-hydrogen) atoms. The van der Waals surface area contributed by atoms with Gasteiger partial charge in [-0.25, -0.2) is 4.68 Å². The molecule has 2 rings (SSSR count). The van der Waals surface area contributed by atoms with Crippen molar-refractivity contribution in [1.29, 1.82) is 0 Å². The maximum absolute atomic E-state index is 11.8. The summed E-state index contributed by atoms with van der Waals surface area (Å²) in [4.78, 5) is 11.6. The highest BCUT2D eigenvalue weighted by Crippen LogP contribution is 2.25. The number of carbonyl (C=O) groups excluding carboxylic acids is 1. The van der Waals surface area contributed by atoms with Crippen molar-refractivity contribution in [3.8, 4) is 5.69 Å². The van der Waals surface area contributed by atoms with Crippen LogP contribution in [0.3, 0.4) is 0 Å². The number of amides is 1. The number of rotatable bonds is 4. The highest BCUT2D eigenvalue weighted by atomic mass is 79.9. The Morgan fingerprint density at radius 3 is 3.00 bits per heavy atom. The molecule has 1 aromatic carbocycles. The molecule has 0 aliphatic rings. The molecule has 1 amide bonds. The Kier molecular flexibility index (Phi) is 4.49. The highest BCUT2D eigenvalue weighted by Gasteiger charge is 2.14. The highest BCUT2D eigenvalue weighted by molar-refractivity contribution is 9.10. The summed E-state index contributed by atoms with van der Waals surface area (Å²) < 4.78 is 1.48. The monoisotopic (exact) mass is 343 g/mol. The standard InChI is InChI=1S/C11H11BrClN5O/c1-2-8(12)11(19)15-10-5-7(3-4-9(10)13)18-6-14-16-17-18/h3-6,8H,2H2,1H3,(H,15,19). The molecule has 6 nitrogen and oxygen atoms in total. The summed E-state index contributed by atoms with van der Waals surface area (Å²) >= 11 is 9.35. The van der Waals surface area contributed by atoms with Crippen LogP contribution >= 0.6 is 27.5 Å². The van der Waals surface area contributed by atoms with Crippen LogP contribution in [0.1, 0.15) is 13.3 Å². The Bertz CT molecular complexity index is 574. The predicted molar refractivity (Wildman–Crippen MR) is 75.8 cm³/mol.